The van der Waals surface area contributed by atoms with Crippen LogP contribution in [-0.4, -0.2) is 30.9 Å². The highest BCUT2D eigenvalue weighted by atomic mass is 32.1. The summed E-state index contributed by atoms with van der Waals surface area (Å²) in [5.74, 6) is 1.34. The molecule has 6 nitrogen and oxygen atoms in total. The van der Waals surface area contributed by atoms with E-state index in [9.17, 15) is 4.79 Å². The van der Waals surface area contributed by atoms with E-state index in [2.05, 4.69) is 4.98 Å². The molecule has 0 fully saturated rings. The third kappa shape index (κ3) is 6.71. The minimum atomic E-state index is -0.593. The first-order chi connectivity index (χ1) is 13.3. The summed E-state index contributed by atoms with van der Waals surface area (Å²) in [6.07, 6.45) is 0.372. The number of rotatable bonds is 6. The van der Waals surface area contributed by atoms with Crippen LogP contribution in [-0.2, 0) is 17.7 Å². The number of nitrogens with zero attached hydrogens (tertiary/aromatic N) is 2. The van der Waals surface area contributed by atoms with Gasteiger partial charge in [0.15, 0.2) is 5.13 Å². The molecule has 0 saturated heterocycles. The van der Waals surface area contributed by atoms with Crippen LogP contribution in [0.5, 0.6) is 11.5 Å². The molecule has 156 valence electrons. The highest BCUT2D eigenvalue weighted by molar-refractivity contribution is 7.14. The molecule has 1 aromatic heterocycles. The molecule has 1 aromatic carbocycles. The van der Waals surface area contributed by atoms with E-state index in [-0.39, 0.29) is 0 Å². The molecule has 0 radical (unpaired) electrons. The Morgan fingerprint density at radius 1 is 1.18 bits per heavy atom. The second-order valence-electron chi connectivity index (χ2n) is 6.72. The van der Waals surface area contributed by atoms with Gasteiger partial charge >= 0.3 is 6.09 Å². The summed E-state index contributed by atoms with van der Waals surface area (Å²) in [5.41, 5.74) is 1.19. The minimum Gasteiger partial charge on any atom is -0.497 e. The van der Waals surface area contributed by atoms with Crippen LogP contribution in [0.1, 0.15) is 52.8 Å². The van der Waals surface area contributed by atoms with Crippen molar-refractivity contribution in [2.75, 3.05) is 19.1 Å². The number of carbonyl (C=O) groups is 1. The van der Waals surface area contributed by atoms with Crippen molar-refractivity contribution >= 4 is 22.6 Å². The Kier molecular flexibility index (Phi) is 9.25. The van der Waals surface area contributed by atoms with Gasteiger partial charge in [-0.05, 0) is 39.3 Å². The smallest absolute Gasteiger partial charge is 0.416 e. The lowest BCUT2D eigenvalue weighted by molar-refractivity contribution is 0.0577. The lowest BCUT2D eigenvalue weighted by Gasteiger charge is -2.26. The van der Waals surface area contributed by atoms with E-state index in [0.29, 0.717) is 23.2 Å². The third-order valence-electron chi connectivity index (χ3n) is 3.57. The van der Waals surface area contributed by atoms with Crippen LogP contribution < -0.4 is 14.4 Å². The van der Waals surface area contributed by atoms with Crippen LogP contribution in [0.3, 0.4) is 0 Å². The summed E-state index contributed by atoms with van der Waals surface area (Å²) in [4.78, 5) is 18.9. The van der Waals surface area contributed by atoms with E-state index in [4.69, 9.17) is 14.2 Å². The van der Waals surface area contributed by atoms with Gasteiger partial charge in [-0.2, -0.15) is 0 Å². The summed E-state index contributed by atoms with van der Waals surface area (Å²) in [5, 5.41) is 2.56. The van der Waals surface area contributed by atoms with E-state index in [1.807, 2.05) is 59.1 Å². The van der Waals surface area contributed by atoms with Crippen molar-refractivity contribution in [2.45, 2.75) is 60.1 Å². The van der Waals surface area contributed by atoms with Crippen LogP contribution in [0.15, 0.2) is 23.6 Å². The Labute approximate surface area is 172 Å². The number of ether oxygens (including phenoxy) is 3. The maximum Gasteiger partial charge on any atom is 0.416 e. The van der Waals surface area contributed by atoms with Crippen LogP contribution >= 0.6 is 11.3 Å². The largest absolute Gasteiger partial charge is 0.497 e. The Morgan fingerprint density at radius 3 is 2.36 bits per heavy atom. The third-order valence-corrected chi connectivity index (χ3v) is 4.48. The fourth-order valence-electron chi connectivity index (χ4n) is 2.26. The molecule has 0 saturated carbocycles. The number of methoxy groups -OCH3 is 2. The molecule has 1 amide bonds. The van der Waals surface area contributed by atoms with E-state index in [1.54, 1.807) is 25.2 Å². The van der Waals surface area contributed by atoms with Crippen molar-refractivity contribution in [3.05, 3.63) is 34.8 Å². The number of anilines is 1. The van der Waals surface area contributed by atoms with Gasteiger partial charge in [-0.15, -0.1) is 11.3 Å². The Hall–Kier alpha value is -2.28. The normalized spacial score (nSPS) is 10.6. The maximum absolute atomic E-state index is 12.8. The number of benzene rings is 1. The monoisotopic (exact) mass is 408 g/mol. The van der Waals surface area contributed by atoms with Gasteiger partial charge in [0.25, 0.3) is 0 Å². The quantitative estimate of drug-likeness (QED) is 0.614. The lowest BCUT2D eigenvalue weighted by Crippen LogP contribution is -2.36. The molecular formula is C21H32N2O4S. The molecule has 0 aliphatic rings. The molecule has 2 rings (SSSR count). The molecule has 0 aliphatic carbocycles. The number of hydrogen-bond acceptors (Lipinski definition) is 6. The van der Waals surface area contributed by atoms with Gasteiger partial charge in [-0.3, -0.25) is 0 Å². The van der Waals surface area contributed by atoms with Crippen molar-refractivity contribution in [3.8, 4) is 11.5 Å². The number of aromatic nitrogens is 1. The summed E-state index contributed by atoms with van der Waals surface area (Å²) in [6, 6.07) is 5.51. The molecular weight excluding hydrogens is 376 g/mol. The van der Waals surface area contributed by atoms with Crippen molar-refractivity contribution in [1.82, 2.24) is 4.98 Å². The van der Waals surface area contributed by atoms with Gasteiger partial charge in [0.2, 0.25) is 0 Å². The topological polar surface area (TPSA) is 60.9 Å². The second-order valence-corrected chi connectivity index (χ2v) is 7.56. The second kappa shape index (κ2) is 10.9. The Bertz CT molecular complexity index is 753. The average molecular weight is 409 g/mol. The Balaban J connectivity index is 0.00000190. The van der Waals surface area contributed by atoms with Crippen LogP contribution in [0.25, 0.3) is 0 Å². The van der Waals surface area contributed by atoms with Gasteiger partial charge < -0.3 is 14.2 Å². The van der Waals surface area contributed by atoms with Gasteiger partial charge in [-0.1, -0.05) is 20.8 Å². The van der Waals surface area contributed by atoms with Crippen LogP contribution in [0.2, 0.25) is 0 Å². The number of amides is 1. The van der Waals surface area contributed by atoms with Gasteiger partial charge in [0.05, 0.1) is 26.5 Å². The Morgan fingerprint density at radius 2 is 1.86 bits per heavy atom. The van der Waals surface area contributed by atoms with Crippen molar-refractivity contribution in [3.63, 3.8) is 0 Å². The van der Waals surface area contributed by atoms with Crippen molar-refractivity contribution in [2.24, 2.45) is 0 Å². The van der Waals surface area contributed by atoms with Gasteiger partial charge in [0.1, 0.15) is 17.1 Å². The lowest BCUT2D eigenvalue weighted by atomic mass is 10.1. The van der Waals surface area contributed by atoms with E-state index >= 15 is 0 Å². The zero-order valence-electron chi connectivity index (χ0n) is 18.2. The minimum absolute atomic E-state index is 0.290. The van der Waals surface area contributed by atoms with Crippen molar-refractivity contribution < 1.29 is 19.0 Å². The van der Waals surface area contributed by atoms with Gasteiger partial charge in [0, 0.05) is 17.0 Å². The first kappa shape index (κ1) is 23.8. The number of aryl methyl sites for hydroxylation is 1. The molecule has 0 unspecified atom stereocenters. The standard InChI is InChI=1S/C19H26N2O4S.C2H6/c1-7-14-12-26-17(20-14)21(18(22)25-19(2,3)4)11-13-8-9-15(23-5)10-16(13)24-6;1-2/h8-10,12H,7,11H2,1-6H3;1-2H3. The molecule has 0 bridgehead atoms. The molecule has 7 heteroatoms. The highest BCUT2D eigenvalue weighted by Gasteiger charge is 2.26. The van der Waals surface area contributed by atoms with Crippen LogP contribution in [0.4, 0.5) is 9.93 Å². The summed E-state index contributed by atoms with van der Waals surface area (Å²) >= 11 is 1.43. The zero-order chi connectivity index (χ0) is 21.3. The summed E-state index contributed by atoms with van der Waals surface area (Å²) in [7, 11) is 3.19. The molecule has 0 atom stereocenters. The maximum atomic E-state index is 12.8. The van der Waals surface area contributed by atoms with Crippen LogP contribution in [0, 0.1) is 0 Å². The fourth-order valence-corrected chi connectivity index (χ4v) is 3.16. The zero-order valence-corrected chi connectivity index (χ0v) is 19.0. The first-order valence-electron chi connectivity index (χ1n) is 9.43. The molecule has 1 heterocycles. The summed E-state index contributed by atoms with van der Waals surface area (Å²) < 4.78 is 16.3. The molecule has 0 aliphatic heterocycles. The first-order valence-corrected chi connectivity index (χ1v) is 10.3. The average Bonchev–Trinajstić information content (AvgIpc) is 3.15. The highest BCUT2D eigenvalue weighted by Crippen LogP contribution is 2.30. The molecule has 28 heavy (non-hydrogen) atoms. The van der Waals surface area contributed by atoms with E-state index in [0.717, 1.165) is 17.7 Å². The fraction of sp³-hybridized carbons (Fsp3) is 0.524. The number of carbonyl (C=O) groups excluding carboxylic acids is 1. The van der Waals surface area contributed by atoms with Crippen molar-refractivity contribution in [1.29, 1.82) is 0 Å². The molecule has 0 N–H and O–H groups in total. The number of hydrogen-bond donors (Lipinski definition) is 0. The predicted octanol–water partition coefficient (Wildman–Crippen LogP) is 5.69. The van der Waals surface area contributed by atoms with Gasteiger partial charge in [-0.25, -0.2) is 14.7 Å². The SMILES string of the molecule is CC.CCc1csc(N(Cc2ccc(OC)cc2OC)C(=O)OC(C)(C)C)n1. The van der Waals surface area contributed by atoms with E-state index < -0.39 is 11.7 Å². The molecule has 0 spiro atoms. The van der Waals surface area contributed by atoms with E-state index in [1.165, 1.54) is 11.3 Å². The number of thiazole rings is 1. The molecule has 2 aromatic rings. The predicted molar refractivity (Wildman–Crippen MR) is 115 cm³/mol. The summed E-state index contributed by atoms with van der Waals surface area (Å²) in [6.45, 7) is 11.9.